The monoisotopic (exact) mass is 279 g/mol. The molecular weight excluding hydrogens is 258 g/mol. The van der Waals surface area contributed by atoms with Gasteiger partial charge in [0.05, 0.1) is 0 Å². The van der Waals surface area contributed by atoms with Gasteiger partial charge in [-0.3, -0.25) is 4.79 Å². The molecule has 0 radical (unpaired) electrons. The highest BCUT2D eigenvalue weighted by Crippen LogP contribution is 2.29. The first-order valence-electron chi connectivity index (χ1n) is 7.55. The maximum atomic E-state index is 12.9. The number of nitrogens with zero attached hydrogens (tertiary/aromatic N) is 1. The third-order valence-electron chi connectivity index (χ3n) is 4.22. The van der Waals surface area contributed by atoms with Crippen LogP contribution < -0.4 is 4.90 Å². The Balaban J connectivity index is 2.02. The molecule has 0 N–H and O–H groups in total. The molecule has 0 fully saturated rings. The van der Waals surface area contributed by atoms with Crippen LogP contribution in [0.2, 0.25) is 0 Å². The summed E-state index contributed by atoms with van der Waals surface area (Å²) < 4.78 is 0. The molecule has 21 heavy (non-hydrogen) atoms. The van der Waals surface area contributed by atoms with E-state index in [0.717, 1.165) is 41.8 Å². The van der Waals surface area contributed by atoms with Gasteiger partial charge in [-0.05, 0) is 56.9 Å². The summed E-state index contributed by atoms with van der Waals surface area (Å²) in [4.78, 5) is 14.9. The van der Waals surface area contributed by atoms with Crippen molar-refractivity contribution in [2.24, 2.45) is 0 Å². The molecular formula is C19H21NO. The van der Waals surface area contributed by atoms with E-state index in [-0.39, 0.29) is 5.91 Å². The zero-order valence-electron chi connectivity index (χ0n) is 12.9. The smallest absolute Gasteiger partial charge is 0.258 e. The van der Waals surface area contributed by atoms with Crippen LogP contribution in [-0.4, -0.2) is 12.5 Å². The Hall–Kier alpha value is -2.09. The lowest BCUT2D eigenvalue weighted by Gasteiger charge is -2.30. The van der Waals surface area contributed by atoms with E-state index < -0.39 is 0 Å². The lowest BCUT2D eigenvalue weighted by Crippen LogP contribution is -2.35. The highest BCUT2D eigenvalue weighted by Gasteiger charge is 2.24. The molecule has 2 nitrogen and oxygen atoms in total. The maximum Gasteiger partial charge on any atom is 0.258 e. The Morgan fingerprint density at radius 3 is 2.52 bits per heavy atom. The van der Waals surface area contributed by atoms with Gasteiger partial charge in [0.15, 0.2) is 0 Å². The van der Waals surface area contributed by atoms with E-state index in [1.165, 1.54) is 11.1 Å². The number of benzene rings is 2. The fourth-order valence-electron chi connectivity index (χ4n) is 3.05. The van der Waals surface area contributed by atoms with Crippen LogP contribution >= 0.6 is 0 Å². The Morgan fingerprint density at radius 2 is 1.71 bits per heavy atom. The normalized spacial score (nSPS) is 14.0. The number of rotatable bonds is 1. The number of amides is 1. The maximum absolute atomic E-state index is 12.9. The molecule has 1 heterocycles. The summed E-state index contributed by atoms with van der Waals surface area (Å²) in [7, 11) is 0. The largest absolute Gasteiger partial charge is 0.308 e. The molecule has 0 bridgehead atoms. The molecule has 1 aliphatic rings. The quantitative estimate of drug-likeness (QED) is 0.766. The van der Waals surface area contributed by atoms with Crippen LogP contribution in [0.1, 0.15) is 39.0 Å². The van der Waals surface area contributed by atoms with Crippen LogP contribution in [-0.2, 0) is 6.42 Å². The lowest BCUT2D eigenvalue weighted by atomic mass is 9.97. The van der Waals surface area contributed by atoms with Crippen LogP contribution in [0.25, 0.3) is 0 Å². The zero-order valence-corrected chi connectivity index (χ0v) is 12.9. The average molecular weight is 279 g/mol. The molecule has 1 amide bonds. The lowest BCUT2D eigenvalue weighted by molar-refractivity contribution is 0.0984. The van der Waals surface area contributed by atoms with Gasteiger partial charge in [0, 0.05) is 17.8 Å². The van der Waals surface area contributed by atoms with E-state index in [2.05, 4.69) is 31.2 Å². The molecule has 3 rings (SSSR count). The highest BCUT2D eigenvalue weighted by molar-refractivity contribution is 6.07. The molecule has 0 aromatic heterocycles. The Bertz CT molecular complexity index is 703. The summed E-state index contributed by atoms with van der Waals surface area (Å²) in [5.74, 6) is 0.126. The van der Waals surface area contributed by atoms with Crippen LogP contribution in [0.15, 0.2) is 36.4 Å². The summed E-state index contributed by atoms with van der Waals surface area (Å²) in [5, 5.41) is 0. The van der Waals surface area contributed by atoms with E-state index in [9.17, 15) is 4.79 Å². The van der Waals surface area contributed by atoms with Gasteiger partial charge < -0.3 is 4.90 Å². The van der Waals surface area contributed by atoms with Crippen molar-refractivity contribution < 1.29 is 4.79 Å². The van der Waals surface area contributed by atoms with Crippen LogP contribution in [0.3, 0.4) is 0 Å². The molecule has 0 saturated carbocycles. The summed E-state index contributed by atoms with van der Waals surface area (Å²) in [5.41, 5.74) is 6.63. The van der Waals surface area contributed by atoms with Gasteiger partial charge in [0.2, 0.25) is 0 Å². The number of anilines is 1. The van der Waals surface area contributed by atoms with Gasteiger partial charge in [0.1, 0.15) is 0 Å². The minimum absolute atomic E-state index is 0.126. The number of hydrogen-bond acceptors (Lipinski definition) is 1. The van der Waals surface area contributed by atoms with Gasteiger partial charge in [-0.1, -0.05) is 35.4 Å². The topological polar surface area (TPSA) is 20.3 Å². The summed E-state index contributed by atoms with van der Waals surface area (Å²) in [6, 6.07) is 12.5. The number of aryl methyl sites for hydroxylation is 4. The van der Waals surface area contributed by atoms with Crippen molar-refractivity contribution in [1.82, 2.24) is 0 Å². The van der Waals surface area contributed by atoms with E-state index in [0.29, 0.717) is 0 Å². The van der Waals surface area contributed by atoms with Crippen molar-refractivity contribution >= 4 is 11.6 Å². The van der Waals surface area contributed by atoms with Gasteiger partial charge in [0.25, 0.3) is 5.91 Å². The van der Waals surface area contributed by atoms with Gasteiger partial charge >= 0.3 is 0 Å². The number of carbonyl (C=O) groups is 1. The second-order valence-electron chi connectivity index (χ2n) is 6.01. The standard InChI is InChI=1S/C19H21NO/c1-13-7-9-18-16(11-13)5-4-10-20(18)19(21)17-12-14(2)6-8-15(17)3/h6-9,11-12H,4-5,10H2,1-3H3. The SMILES string of the molecule is Cc1ccc2c(c1)CCCN2C(=O)c1cc(C)ccc1C. The molecule has 0 unspecified atom stereocenters. The predicted molar refractivity (Wildman–Crippen MR) is 87.1 cm³/mol. The van der Waals surface area contributed by atoms with Gasteiger partial charge in [-0.25, -0.2) is 0 Å². The van der Waals surface area contributed by atoms with Crippen molar-refractivity contribution in [3.05, 3.63) is 64.2 Å². The number of carbonyl (C=O) groups excluding carboxylic acids is 1. The fourth-order valence-corrected chi connectivity index (χ4v) is 3.05. The minimum Gasteiger partial charge on any atom is -0.308 e. The van der Waals surface area contributed by atoms with E-state index in [1.807, 2.05) is 30.9 Å². The molecule has 1 aliphatic heterocycles. The predicted octanol–water partition coefficient (Wildman–Crippen LogP) is 4.20. The van der Waals surface area contributed by atoms with Crippen molar-refractivity contribution in [3.63, 3.8) is 0 Å². The molecule has 2 heteroatoms. The van der Waals surface area contributed by atoms with E-state index >= 15 is 0 Å². The van der Waals surface area contributed by atoms with Crippen molar-refractivity contribution in [2.45, 2.75) is 33.6 Å². The Labute approximate surface area is 126 Å². The van der Waals surface area contributed by atoms with Gasteiger partial charge in [-0.2, -0.15) is 0 Å². The number of hydrogen-bond donors (Lipinski definition) is 0. The molecule has 0 saturated heterocycles. The first-order chi connectivity index (χ1) is 10.1. The summed E-state index contributed by atoms with van der Waals surface area (Å²) in [6.07, 6.45) is 2.10. The minimum atomic E-state index is 0.126. The van der Waals surface area contributed by atoms with E-state index in [1.54, 1.807) is 0 Å². The second-order valence-corrected chi connectivity index (χ2v) is 6.01. The molecule has 0 spiro atoms. The summed E-state index contributed by atoms with van der Waals surface area (Å²) >= 11 is 0. The first kappa shape index (κ1) is 13.9. The first-order valence-corrected chi connectivity index (χ1v) is 7.55. The molecule has 0 aliphatic carbocycles. The third-order valence-corrected chi connectivity index (χ3v) is 4.22. The van der Waals surface area contributed by atoms with Crippen LogP contribution in [0.5, 0.6) is 0 Å². The Morgan fingerprint density at radius 1 is 1.00 bits per heavy atom. The zero-order chi connectivity index (χ0) is 15.0. The molecule has 108 valence electrons. The third kappa shape index (κ3) is 2.58. The van der Waals surface area contributed by atoms with Crippen molar-refractivity contribution in [3.8, 4) is 0 Å². The summed E-state index contributed by atoms with van der Waals surface area (Å²) in [6.45, 7) is 6.95. The fraction of sp³-hybridized carbons (Fsp3) is 0.316. The van der Waals surface area contributed by atoms with Crippen LogP contribution in [0.4, 0.5) is 5.69 Å². The van der Waals surface area contributed by atoms with Crippen molar-refractivity contribution in [2.75, 3.05) is 11.4 Å². The average Bonchev–Trinajstić information content (AvgIpc) is 2.48. The van der Waals surface area contributed by atoms with Crippen molar-refractivity contribution in [1.29, 1.82) is 0 Å². The van der Waals surface area contributed by atoms with E-state index in [4.69, 9.17) is 0 Å². The number of fused-ring (bicyclic) bond motifs is 1. The second kappa shape index (κ2) is 5.36. The molecule has 2 aromatic rings. The molecule has 0 atom stereocenters. The Kier molecular flexibility index (Phi) is 3.54. The van der Waals surface area contributed by atoms with Gasteiger partial charge in [-0.15, -0.1) is 0 Å². The molecule has 2 aromatic carbocycles. The highest BCUT2D eigenvalue weighted by atomic mass is 16.2. The van der Waals surface area contributed by atoms with Crippen LogP contribution in [0, 0.1) is 20.8 Å².